The molecule has 41 nitrogen and oxygen atoms in total. The van der Waals surface area contributed by atoms with Crippen molar-refractivity contribution in [3.63, 3.8) is 0 Å². The largest absolute Gasteiger partial charge is 1.00 e. The summed E-state index contributed by atoms with van der Waals surface area (Å²) in [5.41, 5.74) is 0.423. The van der Waals surface area contributed by atoms with E-state index in [1.54, 1.807) is 90.4 Å². The number of aliphatic carboxylic acids is 1. The van der Waals surface area contributed by atoms with Gasteiger partial charge in [0, 0.05) is 95.8 Å². The molecule has 0 radical (unpaired) electrons. The number of phosphoric ester groups is 1. The number of aliphatic hydroxyl groups is 4. The van der Waals surface area contributed by atoms with Crippen molar-refractivity contribution in [1.82, 2.24) is 88.6 Å². The zero-order valence-corrected chi connectivity index (χ0v) is 83.1. The van der Waals surface area contributed by atoms with Crippen LogP contribution in [0, 0.1) is 35.3 Å². The fraction of sp³-hybridized carbons (Fsp3) is 0.466. The summed E-state index contributed by atoms with van der Waals surface area (Å²) in [4.78, 5) is 94.9. The molecule has 3 amide bonds. The van der Waals surface area contributed by atoms with Crippen molar-refractivity contribution in [2.75, 3.05) is 42.4 Å². The fourth-order valence-electron chi connectivity index (χ4n) is 15.5. The number of nitrogens with one attached hydrogen (secondary N) is 3. The Labute approximate surface area is 831 Å². The van der Waals surface area contributed by atoms with Crippen LogP contribution in [0.4, 0.5) is 48.2 Å². The van der Waals surface area contributed by atoms with E-state index in [-0.39, 0.29) is 147 Å². The normalized spacial score (nSPS) is 20.4. The monoisotopic (exact) mass is 2040 g/mol. The molecule has 7 unspecified atom stereocenters. The van der Waals surface area contributed by atoms with Gasteiger partial charge in [-0.05, 0) is 183 Å². The van der Waals surface area contributed by atoms with Gasteiger partial charge in [0.1, 0.15) is 90.7 Å². The van der Waals surface area contributed by atoms with Gasteiger partial charge in [-0.25, -0.2) is 66.5 Å². The summed E-state index contributed by atoms with van der Waals surface area (Å²) in [7, 11) is -4.37. The number of aliphatic hydroxyl groups excluding tert-OH is 4. The second kappa shape index (κ2) is 48.7. The number of halogens is 6. The number of nitrogens with zero attached hydrogens (tertiary/aromatic N) is 18. The van der Waals surface area contributed by atoms with Crippen LogP contribution < -0.4 is 50.6 Å². The topological polar surface area (TPSA) is 521 Å². The number of carbonyl (C=O) groups excluding carboxylic acids is 5. The van der Waals surface area contributed by atoms with Gasteiger partial charge >= 0.3 is 43.5 Å². The molecule has 4 aliphatic rings. The Morgan fingerprint density at radius 1 is 0.521 bits per heavy atom. The molecule has 8 N–H and O–H groups in total. The number of amides is 3. The number of carboxylic acids is 1. The number of thiazole rings is 3. The second-order valence-corrected chi connectivity index (χ2v) is 37.5. The first-order valence-electron chi connectivity index (χ1n) is 44.4. The Kier molecular flexibility index (Phi) is 37.6. The minimum Gasteiger partial charge on any atom is -0.550 e. The van der Waals surface area contributed by atoms with E-state index in [0.29, 0.717) is 51.5 Å². The molecule has 4 fully saturated rings. The zero-order valence-electron chi connectivity index (χ0n) is 77.8. The predicted octanol–water partition coefficient (Wildman–Crippen LogP) is 10.6. The average Bonchev–Trinajstić information content (AvgIpc) is 1.64. The van der Waals surface area contributed by atoms with E-state index in [0.717, 1.165) is 132 Å². The molecule has 12 aromatic rings. The number of anilines is 3. The molecular weight excluding hydrogens is 1940 g/mol. The van der Waals surface area contributed by atoms with Gasteiger partial charge in [-0.15, -0.1) is 34.0 Å². The number of ether oxygens (including phenoxy) is 6. The van der Waals surface area contributed by atoms with Gasteiger partial charge < -0.3 is 79.6 Å². The van der Waals surface area contributed by atoms with Crippen LogP contribution in [0.25, 0.3) is 65.9 Å². The van der Waals surface area contributed by atoms with Gasteiger partial charge in [-0.1, -0.05) is 0 Å². The van der Waals surface area contributed by atoms with Crippen LogP contribution >= 0.6 is 41.8 Å². The molecule has 52 heteroatoms. The summed E-state index contributed by atoms with van der Waals surface area (Å²) in [5.74, 6) is -7.85. The van der Waals surface area contributed by atoms with Crippen molar-refractivity contribution < 1.29 is 152 Å². The first kappa shape index (κ1) is 108. The summed E-state index contributed by atoms with van der Waals surface area (Å²) in [6, 6.07) is 5.56. The van der Waals surface area contributed by atoms with Gasteiger partial charge in [0.05, 0.1) is 90.4 Å². The van der Waals surface area contributed by atoms with Gasteiger partial charge in [0.15, 0.2) is 36.6 Å². The van der Waals surface area contributed by atoms with E-state index in [2.05, 4.69) is 76.4 Å². The van der Waals surface area contributed by atoms with Crippen LogP contribution in [0.5, 0.6) is 0 Å². The van der Waals surface area contributed by atoms with Crippen molar-refractivity contribution in [1.29, 1.82) is 0 Å². The maximum absolute atomic E-state index is 14.8. The van der Waals surface area contributed by atoms with E-state index in [1.165, 1.54) is 73.8 Å². The van der Waals surface area contributed by atoms with E-state index in [1.807, 2.05) is 20.8 Å². The maximum Gasteiger partial charge on any atom is 1.00 e. The summed E-state index contributed by atoms with van der Waals surface area (Å²) >= 11 is 3.52. The molecule has 746 valence electrons. The summed E-state index contributed by atoms with van der Waals surface area (Å²) < 4.78 is 151. The molecule has 0 bridgehead atoms. The Morgan fingerprint density at radius 2 is 0.893 bits per heavy atom. The molecule has 7 atom stereocenters. The Morgan fingerprint density at radius 3 is 1.26 bits per heavy atom. The van der Waals surface area contributed by atoms with Crippen molar-refractivity contribution in [3.8, 4) is 65.9 Å². The number of hydrogen-bond donors (Lipinski definition) is 8. The van der Waals surface area contributed by atoms with Gasteiger partial charge in [0.25, 0.3) is 17.7 Å². The van der Waals surface area contributed by atoms with Crippen LogP contribution in [0.15, 0.2) is 108 Å². The molecular formula is C88H103F6N21NaO20PS3. The van der Waals surface area contributed by atoms with Crippen molar-refractivity contribution in [2.24, 2.45) is 0 Å². The number of pyridine rings is 3. The van der Waals surface area contributed by atoms with Crippen LogP contribution in [0.1, 0.15) is 208 Å². The number of rotatable bonds is 30. The summed E-state index contributed by atoms with van der Waals surface area (Å²) in [6.07, 6.45) is 15.0. The van der Waals surface area contributed by atoms with E-state index in [9.17, 15) is 75.4 Å². The Bertz CT molecular complexity index is 6260. The van der Waals surface area contributed by atoms with Crippen molar-refractivity contribution in [3.05, 3.63) is 161 Å². The number of phosphoric acid groups is 1. The second-order valence-electron chi connectivity index (χ2n) is 33.6. The van der Waals surface area contributed by atoms with Crippen molar-refractivity contribution in [2.45, 2.75) is 238 Å². The van der Waals surface area contributed by atoms with Gasteiger partial charge in [0.2, 0.25) is 17.8 Å². The zero-order chi connectivity index (χ0) is 99.8. The third-order valence-corrected chi connectivity index (χ3v) is 25.9. The smallest absolute Gasteiger partial charge is 0.550 e. The first-order valence-corrected chi connectivity index (χ1v) is 48.5. The summed E-state index contributed by atoms with van der Waals surface area (Å²) in [6.45, 7) is 17.8. The molecule has 1 saturated heterocycles. The van der Waals surface area contributed by atoms with Crippen molar-refractivity contribution >= 4 is 88.7 Å². The molecule has 1 aliphatic heterocycles. The number of hydrogen-bond acceptors (Lipinski definition) is 34. The Hall–Kier alpha value is -10.9. The maximum atomic E-state index is 14.8. The van der Waals surface area contributed by atoms with Crippen LogP contribution in [-0.4, -0.2) is 225 Å². The molecule has 3 saturated carbocycles. The average molecular weight is 2040 g/mol. The molecule has 0 spiro atoms. The van der Waals surface area contributed by atoms with Crippen LogP contribution in [-0.2, 0) is 53.6 Å². The molecule has 16 rings (SSSR count). The Balaban J connectivity index is 0.000000184. The van der Waals surface area contributed by atoms with Crippen LogP contribution in [0.2, 0.25) is 0 Å². The predicted molar refractivity (Wildman–Crippen MR) is 488 cm³/mol. The SMILES string of the molecule is CC(=O)[O-].CCOC1CCC(n2cc(NC(=O)c3csc(-c4cnn(C(C)OP(=O)(O)OC(C)(C)C)c4)n3)c(-c3nc(F)ccc3F)n2)CC1.CCOC1CCC(n2cc(NC(=O)c3csc(-c4cnn(C5OC(CO)C(O)C(O)C5O)c4)n3)c(-c3nc(F)ccc3F)n2)CC1.CCOC1CCC(n2cc(NC(=O)c3csc(-c4cnn(COC(=O)OC(C)C)c4)n3)c(-c3nc(F)ccc3F)n2)CC1.[Na+]. The first-order chi connectivity index (χ1) is 66.3. The number of carboxylic acid groups (broad SMARTS) is 1. The third kappa shape index (κ3) is 28.3. The standard InChI is InChI=1S/C29H33F2N7O7S.C29H36F2N7O6PS.C28H31F2N7O5S.C2H4O2.Na/c1-2-44-16-5-3-15(4-6-16)37-11-18(23(36-37)22-17(30)7-8-21(31)35-22)33-27(43)19-13-46-28(34-19)14-9-32-38(10-14)29-26(42)25(41)24(40)20(12-39)45-29;1-6-42-20-9-7-19(8-10-20)38-15-22(26(36-38)25-21(30)11-12-24(31)35-25)33-27(39)23-16-46-28(34-23)18-13-32-37(14-18)17(2)43-45(40,41)44-29(3,4)5;1-4-40-19-7-5-18(6-8-19)37-13-21(25(35-37)24-20(29)9-10-23(30)34-24)32-26(38)22-14-43-27(33-22)17-11-31-36(12-17)15-41-28(39)42-16(2)3;1-2(3)4;/h7-11,13,15-16,20,24-26,29,39-42H,2-6,12H2,1H3,(H,33,43);11-17,19-20H,6-10H2,1-5H3,(H,33,39)(H,40,41);9-14,16,18-19H,4-8,15H2,1-3H3,(H,32,38);1H3,(H,3,4);/q;;;;+1/p-1. The fourth-order valence-corrected chi connectivity index (χ4v) is 19.1. The van der Waals surface area contributed by atoms with Gasteiger partial charge in [-0.2, -0.15) is 43.8 Å². The molecule has 12 aromatic heterocycles. The minimum absolute atomic E-state index is 0. The van der Waals surface area contributed by atoms with E-state index < -0.39 is 122 Å². The third-order valence-electron chi connectivity index (χ3n) is 21.9. The van der Waals surface area contributed by atoms with Crippen LogP contribution in [0.3, 0.4) is 0 Å². The number of carbonyl (C=O) groups is 5. The van der Waals surface area contributed by atoms with E-state index >= 15 is 0 Å². The number of aromatic nitrogens is 18. The molecule has 13 heterocycles. The molecule has 140 heavy (non-hydrogen) atoms. The minimum atomic E-state index is -4.37. The summed E-state index contributed by atoms with van der Waals surface area (Å²) in [5, 5.41) is 89.3. The van der Waals surface area contributed by atoms with E-state index in [4.69, 9.17) is 47.4 Å². The quantitative estimate of drug-likeness (QED) is 0.00681. The molecule has 0 aromatic carbocycles. The van der Waals surface area contributed by atoms with Gasteiger partial charge in [-0.3, -0.25) is 37.5 Å². The molecule has 3 aliphatic carbocycles.